The highest BCUT2D eigenvalue weighted by molar-refractivity contribution is 5.89. The number of nitrogens with zero attached hydrogens (tertiary/aromatic N) is 2. The fraction of sp³-hybridized carbons (Fsp3) is 0. The third-order valence-corrected chi connectivity index (χ3v) is 3.53. The van der Waals surface area contributed by atoms with Crippen LogP contribution in [0.15, 0.2) is 65.1 Å². The maximum absolute atomic E-state index is 13.0. The van der Waals surface area contributed by atoms with E-state index in [1.165, 1.54) is 36.4 Å². The van der Waals surface area contributed by atoms with Gasteiger partial charge in [0.2, 0.25) is 0 Å². The van der Waals surface area contributed by atoms with Gasteiger partial charge in [0.25, 0.3) is 5.69 Å². The summed E-state index contributed by atoms with van der Waals surface area (Å²) in [5.74, 6) is 0.609. The molecular weight excluding hydrogens is 323 g/mol. The molecule has 0 radical (unpaired) electrons. The normalized spacial score (nSPS) is 11.1. The van der Waals surface area contributed by atoms with Gasteiger partial charge in [-0.05, 0) is 48.0 Å². The molecule has 0 aliphatic carbocycles. The van der Waals surface area contributed by atoms with Crippen LogP contribution in [0.5, 0.6) is 0 Å². The zero-order valence-electron chi connectivity index (χ0n) is 12.8. The second-order valence-corrected chi connectivity index (χ2v) is 5.19. The Hall–Kier alpha value is -3.72. The lowest BCUT2D eigenvalue weighted by Gasteiger charge is -1.99. The van der Waals surface area contributed by atoms with Crippen LogP contribution in [0.1, 0.15) is 11.3 Å². The van der Waals surface area contributed by atoms with Crippen LogP contribution in [0, 0.1) is 27.3 Å². The lowest BCUT2D eigenvalue weighted by Crippen LogP contribution is -1.89. The Morgan fingerprint density at radius 1 is 1.16 bits per heavy atom. The van der Waals surface area contributed by atoms with Gasteiger partial charge in [-0.25, -0.2) is 4.39 Å². The fourth-order valence-electron chi connectivity index (χ4n) is 2.31. The third-order valence-electron chi connectivity index (χ3n) is 3.53. The number of hydrogen-bond acceptors (Lipinski definition) is 4. The van der Waals surface area contributed by atoms with E-state index in [-0.39, 0.29) is 17.1 Å². The van der Waals surface area contributed by atoms with Gasteiger partial charge in [-0.15, -0.1) is 0 Å². The number of hydrogen-bond donors (Lipinski definition) is 0. The lowest BCUT2D eigenvalue weighted by molar-refractivity contribution is -0.384. The standard InChI is InChI=1S/C19H11FN2O3/c20-16-6-4-13(5-7-16)19-9-8-18(25-19)11-15(12-21)14-2-1-3-17(10-14)22(23)24/h1-11H/b15-11-. The van der Waals surface area contributed by atoms with Crippen molar-refractivity contribution in [3.63, 3.8) is 0 Å². The van der Waals surface area contributed by atoms with Crippen molar-refractivity contribution in [2.24, 2.45) is 0 Å². The van der Waals surface area contributed by atoms with Gasteiger partial charge in [0.05, 0.1) is 16.6 Å². The number of nitro benzene ring substituents is 1. The molecule has 3 rings (SSSR count). The van der Waals surface area contributed by atoms with Gasteiger partial charge in [-0.2, -0.15) is 5.26 Å². The maximum atomic E-state index is 13.0. The van der Waals surface area contributed by atoms with E-state index in [2.05, 4.69) is 0 Å². The minimum atomic E-state index is -0.516. The molecule has 25 heavy (non-hydrogen) atoms. The van der Waals surface area contributed by atoms with Crippen molar-refractivity contribution in [3.8, 4) is 17.4 Å². The second kappa shape index (κ2) is 6.81. The number of nitro groups is 1. The van der Waals surface area contributed by atoms with E-state index in [4.69, 9.17) is 4.42 Å². The van der Waals surface area contributed by atoms with Crippen molar-refractivity contribution in [1.82, 2.24) is 0 Å². The molecule has 1 aromatic heterocycles. The Morgan fingerprint density at radius 2 is 1.92 bits per heavy atom. The molecule has 0 unspecified atom stereocenters. The van der Waals surface area contributed by atoms with Gasteiger partial charge in [0.1, 0.15) is 17.3 Å². The van der Waals surface area contributed by atoms with Crippen LogP contribution in [0.3, 0.4) is 0 Å². The number of halogens is 1. The second-order valence-electron chi connectivity index (χ2n) is 5.19. The molecular formula is C19H11FN2O3. The molecule has 2 aromatic carbocycles. The van der Waals surface area contributed by atoms with E-state index in [0.29, 0.717) is 22.6 Å². The highest BCUT2D eigenvalue weighted by Crippen LogP contribution is 2.26. The summed E-state index contributed by atoms with van der Waals surface area (Å²) in [7, 11) is 0. The Morgan fingerprint density at radius 3 is 2.60 bits per heavy atom. The predicted octanol–water partition coefficient (Wildman–Crippen LogP) is 5.06. The summed E-state index contributed by atoms with van der Waals surface area (Å²) in [6.07, 6.45) is 1.51. The molecule has 0 amide bonds. The van der Waals surface area contributed by atoms with Gasteiger partial charge < -0.3 is 4.42 Å². The largest absolute Gasteiger partial charge is 0.457 e. The van der Waals surface area contributed by atoms with Crippen LogP contribution in [0.2, 0.25) is 0 Å². The summed E-state index contributed by atoms with van der Waals surface area (Å²) in [6, 6.07) is 17.1. The van der Waals surface area contributed by atoms with Crippen molar-refractivity contribution < 1.29 is 13.7 Å². The van der Waals surface area contributed by atoms with E-state index in [1.807, 2.05) is 6.07 Å². The first-order chi connectivity index (χ1) is 12.1. The number of nitriles is 1. The van der Waals surface area contributed by atoms with Gasteiger partial charge in [-0.3, -0.25) is 10.1 Å². The first kappa shape index (κ1) is 16.1. The Kier molecular flexibility index (Phi) is 4.40. The smallest absolute Gasteiger partial charge is 0.270 e. The minimum Gasteiger partial charge on any atom is -0.457 e. The molecule has 0 fully saturated rings. The zero-order valence-corrected chi connectivity index (χ0v) is 12.8. The Bertz CT molecular complexity index is 998. The number of furan rings is 1. The molecule has 0 bridgehead atoms. The highest BCUT2D eigenvalue weighted by Gasteiger charge is 2.10. The van der Waals surface area contributed by atoms with E-state index in [1.54, 1.807) is 30.3 Å². The Labute approximate surface area is 142 Å². The fourth-order valence-corrected chi connectivity index (χ4v) is 2.31. The zero-order chi connectivity index (χ0) is 17.8. The molecule has 1 heterocycles. The molecule has 0 saturated carbocycles. The Balaban J connectivity index is 1.93. The molecule has 6 heteroatoms. The molecule has 0 spiro atoms. The van der Waals surface area contributed by atoms with Crippen molar-refractivity contribution in [2.75, 3.05) is 0 Å². The summed E-state index contributed by atoms with van der Waals surface area (Å²) < 4.78 is 18.6. The number of rotatable bonds is 4. The topological polar surface area (TPSA) is 80.1 Å². The van der Waals surface area contributed by atoms with Crippen LogP contribution >= 0.6 is 0 Å². The van der Waals surface area contributed by atoms with E-state index in [9.17, 15) is 19.8 Å². The average Bonchev–Trinajstić information content (AvgIpc) is 3.09. The molecule has 0 saturated heterocycles. The monoisotopic (exact) mass is 334 g/mol. The first-order valence-corrected chi connectivity index (χ1v) is 7.29. The van der Waals surface area contributed by atoms with Crippen molar-refractivity contribution in [3.05, 3.63) is 87.9 Å². The van der Waals surface area contributed by atoms with Crippen LogP contribution in [0.25, 0.3) is 23.0 Å². The number of benzene rings is 2. The molecule has 122 valence electrons. The summed E-state index contributed by atoms with van der Waals surface area (Å²) in [5.41, 5.74) is 1.28. The molecule has 0 N–H and O–H groups in total. The van der Waals surface area contributed by atoms with Gasteiger partial charge in [0.15, 0.2) is 0 Å². The maximum Gasteiger partial charge on any atom is 0.270 e. The molecule has 5 nitrogen and oxygen atoms in total. The first-order valence-electron chi connectivity index (χ1n) is 7.29. The van der Waals surface area contributed by atoms with Crippen molar-refractivity contribution in [1.29, 1.82) is 5.26 Å². The van der Waals surface area contributed by atoms with Gasteiger partial charge in [-0.1, -0.05) is 12.1 Å². The minimum absolute atomic E-state index is 0.0925. The van der Waals surface area contributed by atoms with E-state index >= 15 is 0 Å². The van der Waals surface area contributed by atoms with Crippen LogP contribution in [-0.2, 0) is 0 Å². The van der Waals surface area contributed by atoms with Gasteiger partial charge in [0, 0.05) is 17.7 Å². The van der Waals surface area contributed by atoms with Crippen molar-refractivity contribution >= 4 is 17.3 Å². The SMILES string of the molecule is N#C/C(=C/c1ccc(-c2ccc(F)cc2)o1)c1cccc([N+](=O)[O-])c1. The summed E-state index contributed by atoms with van der Waals surface area (Å²) in [6.45, 7) is 0. The van der Waals surface area contributed by atoms with E-state index in [0.717, 1.165) is 0 Å². The summed E-state index contributed by atoms with van der Waals surface area (Å²) in [4.78, 5) is 10.3. The molecule has 0 aliphatic rings. The summed E-state index contributed by atoms with van der Waals surface area (Å²) >= 11 is 0. The van der Waals surface area contributed by atoms with Crippen LogP contribution in [0.4, 0.5) is 10.1 Å². The third kappa shape index (κ3) is 3.62. The number of allylic oxidation sites excluding steroid dienone is 1. The quantitative estimate of drug-likeness (QED) is 0.379. The van der Waals surface area contributed by atoms with Crippen LogP contribution in [-0.4, -0.2) is 4.92 Å². The predicted molar refractivity (Wildman–Crippen MR) is 90.7 cm³/mol. The average molecular weight is 334 g/mol. The lowest BCUT2D eigenvalue weighted by atomic mass is 10.1. The highest BCUT2D eigenvalue weighted by atomic mass is 19.1. The molecule has 0 atom stereocenters. The summed E-state index contributed by atoms with van der Waals surface area (Å²) in [5, 5.41) is 20.2. The number of non-ortho nitro benzene ring substituents is 1. The molecule has 3 aromatic rings. The molecule has 0 aliphatic heterocycles. The van der Waals surface area contributed by atoms with E-state index < -0.39 is 4.92 Å². The van der Waals surface area contributed by atoms with Crippen LogP contribution < -0.4 is 0 Å². The van der Waals surface area contributed by atoms with Gasteiger partial charge >= 0.3 is 0 Å². The van der Waals surface area contributed by atoms with Crippen molar-refractivity contribution in [2.45, 2.75) is 0 Å².